The predicted molar refractivity (Wildman–Crippen MR) is 76.9 cm³/mol. The quantitative estimate of drug-likeness (QED) is 0.731. The summed E-state index contributed by atoms with van der Waals surface area (Å²) in [5.74, 6) is 2.23. The van der Waals surface area contributed by atoms with E-state index in [4.69, 9.17) is 0 Å². The third-order valence-corrected chi connectivity index (χ3v) is 6.16. The van der Waals surface area contributed by atoms with E-state index >= 15 is 0 Å². The first-order chi connectivity index (χ1) is 8.38. The molecule has 3 unspecified atom stereocenters. The summed E-state index contributed by atoms with van der Waals surface area (Å²) in [5, 5.41) is 0. The second-order valence-corrected chi connectivity index (χ2v) is 7.13. The first-order valence-electron chi connectivity index (χ1n) is 7.29. The average Bonchev–Trinajstić information content (AvgIpc) is 2.70. The van der Waals surface area contributed by atoms with Crippen molar-refractivity contribution in [1.29, 1.82) is 0 Å². The lowest BCUT2D eigenvalue weighted by atomic mass is 9.54. The smallest absolute Gasteiger partial charge is 0.108 e. The van der Waals surface area contributed by atoms with Crippen molar-refractivity contribution >= 4 is 5.82 Å². The van der Waals surface area contributed by atoms with E-state index in [0.29, 0.717) is 17.0 Å². The molecule has 4 atom stereocenters. The Morgan fingerprint density at radius 2 is 1.94 bits per heavy atom. The van der Waals surface area contributed by atoms with Gasteiger partial charge in [0.15, 0.2) is 0 Å². The van der Waals surface area contributed by atoms with Crippen molar-refractivity contribution in [1.82, 2.24) is 4.57 Å². The summed E-state index contributed by atoms with van der Waals surface area (Å²) < 4.78 is 2.27. The van der Waals surface area contributed by atoms with Gasteiger partial charge in [0.05, 0.1) is 0 Å². The van der Waals surface area contributed by atoms with Gasteiger partial charge in [-0.2, -0.15) is 0 Å². The minimum atomic E-state index is 0.350. The molecule has 1 aromatic heterocycles. The normalized spacial score (nSPS) is 43.5. The molecule has 0 N–H and O–H groups in total. The van der Waals surface area contributed by atoms with Crippen molar-refractivity contribution in [2.45, 2.75) is 58.5 Å². The molecule has 2 nitrogen and oxygen atoms in total. The van der Waals surface area contributed by atoms with E-state index in [-0.39, 0.29) is 0 Å². The number of aryl methyl sites for hydroxylation is 1. The van der Waals surface area contributed by atoms with Crippen molar-refractivity contribution < 1.29 is 0 Å². The lowest BCUT2D eigenvalue weighted by molar-refractivity contribution is -0.00600. The molecule has 2 bridgehead atoms. The van der Waals surface area contributed by atoms with Crippen LogP contribution in [0.5, 0.6) is 0 Å². The molecule has 2 saturated heterocycles. The molecular formula is C16H26N2. The van der Waals surface area contributed by atoms with Gasteiger partial charge in [0.2, 0.25) is 0 Å². The number of fused-ring (bicyclic) bond motifs is 3. The van der Waals surface area contributed by atoms with Crippen LogP contribution in [0.15, 0.2) is 18.3 Å². The van der Waals surface area contributed by atoms with Gasteiger partial charge in [0, 0.05) is 24.8 Å². The molecule has 1 aliphatic carbocycles. The fourth-order valence-electron chi connectivity index (χ4n) is 4.56. The molecule has 1 aromatic rings. The molecule has 0 aromatic carbocycles. The minimum absolute atomic E-state index is 0.350. The van der Waals surface area contributed by atoms with Gasteiger partial charge in [-0.15, -0.1) is 0 Å². The van der Waals surface area contributed by atoms with Crippen molar-refractivity contribution in [3.05, 3.63) is 18.3 Å². The Balaban J connectivity index is 2.08. The van der Waals surface area contributed by atoms with Crippen LogP contribution < -0.4 is 4.90 Å². The molecule has 100 valence electrons. The van der Waals surface area contributed by atoms with E-state index in [1.807, 2.05) is 0 Å². The fourth-order valence-corrected chi connectivity index (χ4v) is 4.56. The van der Waals surface area contributed by atoms with Crippen LogP contribution in [0.1, 0.15) is 47.0 Å². The third kappa shape index (κ3) is 1.35. The molecule has 2 aliphatic heterocycles. The second kappa shape index (κ2) is 3.55. The lowest BCUT2D eigenvalue weighted by Gasteiger charge is -2.65. The zero-order valence-corrected chi connectivity index (χ0v) is 12.4. The standard InChI is InChI=1S/C16H26N2/c1-12-11-15(3)8-9-16(12,4)13(2)18(15)14-7-6-10-17(14)5/h6-7,10,12-13H,8-9,11H2,1-5H3/t12?,13-,15?,16?/m0/s1. The molecule has 4 rings (SSSR count). The zero-order valence-electron chi connectivity index (χ0n) is 12.4. The van der Waals surface area contributed by atoms with Gasteiger partial charge in [-0.25, -0.2) is 0 Å². The van der Waals surface area contributed by atoms with Gasteiger partial charge in [0.1, 0.15) is 5.82 Å². The van der Waals surface area contributed by atoms with Crippen molar-refractivity contribution in [3.63, 3.8) is 0 Å². The maximum absolute atomic E-state index is 2.70. The Labute approximate surface area is 111 Å². The van der Waals surface area contributed by atoms with Gasteiger partial charge in [0.25, 0.3) is 0 Å². The summed E-state index contributed by atoms with van der Waals surface area (Å²) in [6, 6.07) is 5.07. The van der Waals surface area contributed by atoms with Gasteiger partial charge < -0.3 is 9.47 Å². The number of aromatic nitrogens is 1. The first kappa shape index (κ1) is 12.1. The SMILES string of the molecule is CC1CC2(C)CCC1(C)[C@H](C)N2c1cccn1C. The van der Waals surface area contributed by atoms with Gasteiger partial charge in [-0.05, 0) is 56.6 Å². The summed E-state index contributed by atoms with van der Waals surface area (Å²) in [6.45, 7) is 9.85. The van der Waals surface area contributed by atoms with Crippen LogP contribution in [0.4, 0.5) is 5.82 Å². The third-order valence-electron chi connectivity index (χ3n) is 6.16. The van der Waals surface area contributed by atoms with Crippen LogP contribution in [0.2, 0.25) is 0 Å². The molecule has 0 amide bonds. The van der Waals surface area contributed by atoms with Crippen molar-refractivity contribution in [3.8, 4) is 0 Å². The van der Waals surface area contributed by atoms with E-state index in [1.54, 1.807) is 0 Å². The summed E-state index contributed by atoms with van der Waals surface area (Å²) in [6.07, 6.45) is 6.22. The Hall–Kier alpha value is -0.920. The van der Waals surface area contributed by atoms with E-state index in [2.05, 4.69) is 62.5 Å². The van der Waals surface area contributed by atoms with Crippen LogP contribution in [0, 0.1) is 11.3 Å². The Kier molecular flexibility index (Phi) is 2.39. The molecular weight excluding hydrogens is 220 g/mol. The highest BCUT2D eigenvalue weighted by molar-refractivity contribution is 5.48. The highest BCUT2D eigenvalue weighted by Gasteiger charge is 2.56. The van der Waals surface area contributed by atoms with E-state index in [0.717, 1.165) is 5.92 Å². The van der Waals surface area contributed by atoms with Gasteiger partial charge >= 0.3 is 0 Å². The van der Waals surface area contributed by atoms with Crippen LogP contribution in [0.3, 0.4) is 0 Å². The molecule has 0 spiro atoms. The second-order valence-electron chi connectivity index (χ2n) is 7.13. The Morgan fingerprint density at radius 1 is 1.22 bits per heavy atom. The van der Waals surface area contributed by atoms with Gasteiger partial charge in [-0.3, -0.25) is 0 Å². The number of nitrogens with zero attached hydrogens (tertiary/aromatic N) is 2. The predicted octanol–water partition coefficient (Wildman–Crippen LogP) is 3.82. The average molecular weight is 246 g/mol. The summed E-state index contributed by atoms with van der Waals surface area (Å²) in [7, 11) is 2.17. The topological polar surface area (TPSA) is 8.17 Å². The number of piperidine rings is 2. The largest absolute Gasteiger partial charge is 0.349 e. The van der Waals surface area contributed by atoms with E-state index in [9.17, 15) is 0 Å². The molecule has 3 heterocycles. The number of anilines is 1. The maximum atomic E-state index is 2.70. The van der Waals surface area contributed by atoms with Crippen molar-refractivity contribution in [2.24, 2.45) is 18.4 Å². The van der Waals surface area contributed by atoms with E-state index in [1.165, 1.54) is 25.1 Å². The van der Waals surface area contributed by atoms with Crippen molar-refractivity contribution in [2.75, 3.05) is 4.90 Å². The maximum Gasteiger partial charge on any atom is 0.108 e. The molecule has 3 fully saturated rings. The zero-order chi connectivity index (χ0) is 13.1. The summed E-state index contributed by atoms with van der Waals surface area (Å²) >= 11 is 0. The van der Waals surface area contributed by atoms with Crippen LogP contribution in [0.25, 0.3) is 0 Å². The Morgan fingerprint density at radius 3 is 2.50 bits per heavy atom. The number of rotatable bonds is 1. The molecule has 2 heteroatoms. The molecule has 3 aliphatic rings. The summed E-state index contributed by atoms with van der Waals surface area (Å²) in [4.78, 5) is 2.70. The molecule has 18 heavy (non-hydrogen) atoms. The van der Waals surface area contributed by atoms with Crippen LogP contribution >= 0.6 is 0 Å². The molecule has 1 saturated carbocycles. The fraction of sp³-hybridized carbons (Fsp3) is 0.750. The lowest BCUT2D eigenvalue weighted by Crippen LogP contribution is -2.68. The monoisotopic (exact) mass is 246 g/mol. The highest BCUT2D eigenvalue weighted by atomic mass is 15.3. The number of hydrogen-bond acceptors (Lipinski definition) is 1. The van der Waals surface area contributed by atoms with E-state index < -0.39 is 0 Å². The van der Waals surface area contributed by atoms with Crippen LogP contribution in [-0.4, -0.2) is 16.1 Å². The number of hydrogen-bond donors (Lipinski definition) is 0. The first-order valence-corrected chi connectivity index (χ1v) is 7.29. The minimum Gasteiger partial charge on any atom is -0.349 e. The molecule has 0 radical (unpaired) electrons. The highest BCUT2D eigenvalue weighted by Crippen LogP contribution is 2.57. The van der Waals surface area contributed by atoms with Crippen LogP contribution in [-0.2, 0) is 7.05 Å². The Bertz CT molecular complexity index is 463. The van der Waals surface area contributed by atoms with Gasteiger partial charge in [-0.1, -0.05) is 13.8 Å². The summed E-state index contributed by atoms with van der Waals surface area (Å²) in [5.41, 5.74) is 0.824.